The van der Waals surface area contributed by atoms with Gasteiger partial charge in [-0.05, 0) is 49.2 Å². The van der Waals surface area contributed by atoms with Crippen molar-refractivity contribution in [2.24, 2.45) is 0 Å². The Kier molecular flexibility index (Phi) is 6.68. The van der Waals surface area contributed by atoms with Crippen LogP contribution in [0.4, 0.5) is 10.1 Å². The van der Waals surface area contributed by atoms with E-state index in [1.807, 2.05) is 17.0 Å². The lowest BCUT2D eigenvalue weighted by Gasteiger charge is -2.37. The van der Waals surface area contributed by atoms with Gasteiger partial charge in [0.2, 0.25) is 15.9 Å². The smallest absolute Gasteiger partial charge is 0.243 e. The average Bonchev–Trinajstić information content (AvgIpc) is 2.78. The zero-order valence-electron chi connectivity index (χ0n) is 18.6. The molecule has 2 aromatic rings. The molecule has 174 valence electrons. The quantitative estimate of drug-likeness (QED) is 0.648. The number of nitrogens with zero attached hydrogens (tertiary/aromatic N) is 4. The Hall–Kier alpha value is -2.96. The van der Waals surface area contributed by atoms with E-state index in [2.05, 4.69) is 0 Å². The molecule has 2 aliphatic rings. The Bertz CT molecular complexity index is 1170. The highest BCUT2D eigenvalue weighted by Crippen LogP contribution is 2.32. The lowest BCUT2D eigenvalue weighted by molar-refractivity contribution is -0.129. The van der Waals surface area contributed by atoms with E-state index in [4.69, 9.17) is 5.26 Å². The summed E-state index contributed by atoms with van der Waals surface area (Å²) in [5.74, 6) is -0.406. The highest BCUT2D eigenvalue weighted by Gasteiger charge is 2.35. The van der Waals surface area contributed by atoms with E-state index in [0.29, 0.717) is 37.3 Å². The molecular formula is C24H27FN4O3S. The topological polar surface area (TPSA) is 84.7 Å². The number of anilines is 1. The van der Waals surface area contributed by atoms with Crippen molar-refractivity contribution < 1.29 is 17.6 Å². The Morgan fingerprint density at radius 2 is 1.79 bits per heavy atom. The molecule has 0 unspecified atom stereocenters. The van der Waals surface area contributed by atoms with Crippen LogP contribution in [0.3, 0.4) is 0 Å². The van der Waals surface area contributed by atoms with Crippen LogP contribution in [-0.4, -0.2) is 55.8 Å². The fourth-order valence-electron chi connectivity index (χ4n) is 4.23. The average molecular weight is 471 g/mol. The number of amides is 1. The summed E-state index contributed by atoms with van der Waals surface area (Å²) < 4.78 is 43.2. The Morgan fingerprint density at radius 3 is 2.30 bits per heavy atom. The summed E-state index contributed by atoms with van der Waals surface area (Å²) in [7, 11) is -3.84. The summed E-state index contributed by atoms with van der Waals surface area (Å²) in [6.07, 6.45) is 2.43. The number of carbonyl (C=O) groups is 1. The molecule has 7 nitrogen and oxygen atoms in total. The summed E-state index contributed by atoms with van der Waals surface area (Å²) in [5.41, 5.74) is 1.43. The van der Waals surface area contributed by atoms with Crippen molar-refractivity contribution in [3.63, 3.8) is 0 Å². The molecule has 33 heavy (non-hydrogen) atoms. The van der Waals surface area contributed by atoms with Gasteiger partial charge in [0.15, 0.2) is 0 Å². The van der Waals surface area contributed by atoms with Gasteiger partial charge in [-0.3, -0.25) is 4.79 Å². The first-order valence-corrected chi connectivity index (χ1v) is 12.5. The number of benzene rings is 2. The second-order valence-corrected chi connectivity index (χ2v) is 10.4. The number of rotatable bonds is 6. The van der Waals surface area contributed by atoms with Crippen LogP contribution >= 0.6 is 0 Å². The minimum absolute atomic E-state index is 0.0377. The maximum absolute atomic E-state index is 15.1. The van der Waals surface area contributed by atoms with Crippen LogP contribution in [0.1, 0.15) is 37.3 Å². The third-order valence-corrected chi connectivity index (χ3v) is 8.44. The second kappa shape index (κ2) is 9.49. The predicted octanol–water partition coefficient (Wildman–Crippen LogP) is 3.11. The van der Waals surface area contributed by atoms with Gasteiger partial charge >= 0.3 is 0 Å². The van der Waals surface area contributed by atoms with Crippen molar-refractivity contribution in [2.75, 3.05) is 31.1 Å². The molecule has 1 saturated heterocycles. The molecule has 0 aromatic heterocycles. The number of nitriles is 1. The lowest BCUT2D eigenvalue weighted by Crippen LogP contribution is -2.48. The maximum atomic E-state index is 15.1. The SMILES string of the molecule is CC(=O)N1CCN(c2ccc(CN(C3CCC3)S(=O)(=O)c3ccc(C#N)cc3)c(F)c2)CC1. The summed E-state index contributed by atoms with van der Waals surface area (Å²) in [6, 6.07) is 12.6. The Morgan fingerprint density at radius 1 is 1.12 bits per heavy atom. The monoisotopic (exact) mass is 470 g/mol. The molecule has 0 atom stereocenters. The second-order valence-electron chi connectivity index (χ2n) is 8.54. The van der Waals surface area contributed by atoms with E-state index in [9.17, 15) is 13.2 Å². The van der Waals surface area contributed by atoms with Gasteiger partial charge in [-0.15, -0.1) is 0 Å². The van der Waals surface area contributed by atoms with E-state index < -0.39 is 15.8 Å². The first-order chi connectivity index (χ1) is 15.8. The molecule has 1 saturated carbocycles. The lowest BCUT2D eigenvalue weighted by atomic mass is 9.93. The van der Waals surface area contributed by atoms with Crippen LogP contribution < -0.4 is 4.90 Å². The first-order valence-electron chi connectivity index (χ1n) is 11.1. The fourth-order valence-corrected chi connectivity index (χ4v) is 5.89. The van der Waals surface area contributed by atoms with E-state index in [0.717, 1.165) is 24.9 Å². The van der Waals surface area contributed by atoms with Crippen LogP contribution in [0, 0.1) is 17.1 Å². The number of hydrogen-bond donors (Lipinski definition) is 0. The molecule has 1 aliphatic carbocycles. The maximum Gasteiger partial charge on any atom is 0.243 e. The normalized spacial score (nSPS) is 17.0. The number of sulfonamides is 1. The van der Waals surface area contributed by atoms with Gasteiger partial charge in [-0.1, -0.05) is 12.5 Å². The summed E-state index contributed by atoms with van der Waals surface area (Å²) >= 11 is 0. The largest absolute Gasteiger partial charge is 0.368 e. The van der Waals surface area contributed by atoms with Crippen LogP contribution in [0.5, 0.6) is 0 Å². The Labute approximate surface area is 194 Å². The molecule has 1 heterocycles. The third kappa shape index (κ3) is 4.87. The van der Waals surface area contributed by atoms with Gasteiger partial charge in [0.1, 0.15) is 5.82 Å². The molecule has 0 N–H and O–H groups in total. The van der Waals surface area contributed by atoms with E-state index in [1.165, 1.54) is 34.6 Å². The molecule has 1 aliphatic heterocycles. The van der Waals surface area contributed by atoms with Crippen LogP contribution in [0.25, 0.3) is 0 Å². The van der Waals surface area contributed by atoms with Crippen LogP contribution in [-0.2, 0) is 21.4 Å². The van der Waals surface area contributed by atoms with Crippen LogP contribution in [0.2, 0.25) is 0 Å². The summed E-state index contributed by atoms with van der Waals surface area (Å²) in [5, 5.41) is 8.98. The molecule has 4 rings (SSSR count). The van der Waals surface area contributed by atoms with Crippen molar-refractivity contribution in [3.05, 3.63) is 59.4 Å². The van der Waals surface area contributed by atoms with Crippen molar-refractivity contribution in [3.8, 4) is 6.07 Å². The fraction of sp³-hybridized carbons (Fsp3) is 0.417. The minimum atomic E-state index is -3.84. The van der Waals surface area contributed by atoms with Gasteiger partial charge in [0.05, 0.1) is 16.5 Å². The highest BCUT2D eigenvalue weighted by atomic mass is 32.2. The van der Waals surface area contributed by atoms with E-state index in [-0.39, 0.29) is 23.4 Å². The Balaban J connectivity index is 1.54. The standard InChI is InChI=1S/C24H27FN4O3S/c1-18(30)27-11-13-28(14-12-27)22-8-7-20(24(25)15-22)17-29(21-3-2-4-21)33(31,32)23-9-5-19(16-26)6-10-23/h5-10,15,21H,2-4,11-14,17H2,1H3. The number of carbonyl (C=O) groups excluding carboxylic acids is 1. The van der Waals surface area contributed by atoms with Gasteiger partial charge in [-0.25, -0.2) is 12.8 Å². The zero-order chi connectivity index (χ0) is 23.6. The van der Waals surface area contributed by atoms with Crippen molar-refractivity contribution in [1.29, 1.82) is 5.26 Å². The molecule has 9 heteroatoms. The van der Waals surface area contributed by atoms with E-state index >= 15 is 4.39 Å². The van der Waals surface area contributed by atoms with Crippen LogP contribution in [0.15, 0.2) is 47.4 Å². The minimum Gasteiger partial charge on any atom is -0.368 e. The predicted molar refractivity (Wildman–Crippen MR) is 122 cm³/mol. The summed E-state index contributed by atoms with van der Waals surface area (Å²) in [4.78, 5) is 15.4. The molecule has 0 bridgehead atoms. The van der Waals surface area contributed by atoms with Crippen molar-refractivity contribution >= 4 is 21.6 Å². The molecule has 2 aromatic carbocycles. The third-order valence-electron chi connectivity index (χ3n) is 6.52. The van der Waals surface area contributed by atoms with Gasteiger partial charge in [0, 0.05) is 56.9 Å². The molecular weight excluding hydrogens is 443 g/mol. The number of hydrogen-bond acceptors (Lipinski definition) is 5. The molecule has 0 radical (unpaired) electrons. The number of piperazine rings is 1. The van der Waals surface area contributed by atoms with E-state index in [1.54, 1.807) is 17.9 Å². The molecule has 2 fully saturated rings. The van der Waals surface area contributed by atoms with Gasteiger partial charge in [0.25, 0.3) is 0 Å². The van der Waals surface area contributed by atoms with Crippen molar-refractivity contribution in [2.45, 2.75) is 43.7 Å². The zero-order valence-corrected chi connectivity index (χ0v) is 19.4. The number of halogens is 1. The van der Waals surface area contributed by atoms with Gasteiger partial charge in [-0.2, -0.15) is 9.57 Å². The van der Waals surface area contributed by atoms with Crippen molar-refractivity contribution in [1.82, 2.24) is 9.21 Å². The first kappa shape index (κ1) is 23.2. The molecule has 0 spiro atoms. The molecule has 1 amide bonds. The van der Waals surface area contributed by atoms with Gasteiger partial charge < -0.3 is 9.80 Å². The summed E-state index contributed by atoms with van der Waals surface area (Å²) in [6.45, 7) is 3.94. The highest BCUT2D eigenvalue weighted by molar-refractivity contribution is 7.89.